The molecule has 2 rings (SSSR count). The quantitative estimate of drug-likeness (QED) is 0.739. The average Bonchev–Trinajstić information content (AvgIpc) is 2.36. The third kappa shape index (κ3) is 2.01. The van der Waals surface area contributed by atoms with Crippen LogP contribution in [-0.2, 0) is 0 Å². The maximum Gasteiger partial charge on any atom is 0.166 e. The van der Waals surface area contributed by atoms with E-state index in [2.05, 4.69) is 0 Å². The Hall–Kier alpha value is -2.10. The zero-order valence-corrected chi connectivity index (χ0v) is 9.51. The minimum absolute atomic E-state index is 0.0329. The maximum absolute atomic E-state index is 13.7. The van der Waals surface area contributed by atoms with Crippen molar-refractivity contribution in [3.05, 3.63) is 58.9 Å². The molecule has 2 aromatic carbocycles. The summed E-state index contributed by atoms with van der Waals surface area (Å²) in [5.41, 5.74) is 0.219. The molecular formula is C14H9F3O. The van der Waals surface area contributed by atoms with Gasteiger partial charge in [-0.1, -0.05) is 18.2 Å². The fourth-order valence-electron chi connectivity index (χ4n) is 1.66. The topological polar surface area (TPSA) is 17.1 Å². The van der Waals surface area contributed by atoms with Gasteiger partial charge >= 0.3 is 0 Å². The summed E-state index contributed by atoms with van der Waals surface area (Å²) in [6.07, 6.45) is 0.366. The number of carbonyl (C=O) groups is 1. The lowest BCUT2D eigenvalue weighted by Crippen LogP contribution is -1.95. The molecule has 0 atom stereocenters. The zero-order chi connectivity index (χ0) is 13.3. The minimum Gasteiger partial charge on any atom is -0.298 e. The van der Waals surface area contributed by atoms with Crippen molar-refractivity contribution in [3.8, 4) is 11.1 Å². The largest absolute Gasteiger partial charge is 0.298 e. The van der Waals surface area contributed by atoms with Crippen LogP contribution in [0.4, 0.5) is 13.2 Å². The predicted molar refractivity (Wildman–Crippen MR) is 61.9 cm³/mol. The van der Waals surface area contributed by atoms with E-state index in [1.807, 2.05) is 0 Å². The van der Waals surface area contributed by atoms with Crippen LogP contribution in [0.3, 0.4) is 0 Å². The third-order valence-electron chi connectivity index (χ3n) is 2.71. The van der Waals surface area contributed by atoms with Crippen molar-refractivity contribution in [2.45, 2.75) is 6.92 Å². The summed E-state index contributed by atoms with van der Waals surface area (Å²) in [7, 11) is 0. The Kier molecular flexibility index (Phi) is 3.19. The lowest BCUT2D eigenvalue weighted by molar-refractivity contribution is 0.112. The van der Waals surface area contributed by atoms with Crippen molar-refractivity contribution in [1.29, 1.82) is 0 Å². The van der Waals surface area contributed by atoms with Crippen molar-refractivity contribution in [2.75, 3.05) is 0 Å². The van der Waals surface area contributed by atoms with Crippen LogP contribution in [-0.4, -0.2) is 6.29 Å². The number of aldehydes is 1. The van der Waals surface area contributed by atoms with Crippen LogP contribution < -0.4 is 0 Å². The van der Waals surface area contributed by atoms with Crippen LogP contribution in [0.15, 0.2) is 30.3 Å². The molecule has 2 aromatic rings. The Morgan fingerprint density at radius 2 is 1.72 bits per heavy atom. The Morgan fingerprint density at radius 3 is 2.33 bits per heavy atom. The molecule has 0 unspecified atom stereocenters. The van der Waals surface area contributed by atoms with Crippen LogP contribution in [0.1, 0.15) is 15.9 Å². The molecule has 0 N–H and O–H groups in total. The third-order valence-corrected chi connectivity index (χ3v) is 2.71. The highest BCUT2D eigenvalue weighted by Gasteiger charge is 2.13. The molecule has 1 nitrogen and oxygen atoms in total. The molecule has 0 aliphatic carbocycles. The van der Waals surface area contributed by atoms with Crippen molar-refractivity contribution in [3.63, 3.8) is 0 Å². The van der Waals surface area contributed by atoms with Crippen LogP contribution in [0.25, 0.3) is 11.1 Å². The number of benzene rings is 2. The van der Waals surface area contributed by atoms with Gasteiger partial charge in [0.1, 0.15) is 5.82 Å². The molecule has 0 heterocycles. The standard InChI is InChI=1S/C14H9F3O/c1-8-2-5-11(14(17)13(8)16)9-3-4-10(7-18)12(15)6-9/h2-7H,1H3. The summed E-state index contributed by atoms with van der Waals surface area (Å²) in [5, 5.41) is 0. The first kappa shape index (κ1) is 12.4. The smallest absolute Gasteiger partial charge is 0.166 e. The Bertz CT molecular complexity index is 621. The van der Waals surface area contributed by atoms with Crippen molar-refractivity contribution >= 4 is 6.29 Å². The van der Waals surface area contributed by atoms with Crippen molar-refractivity contribution in [1.82, 2.24) is 0 Å². The first-order valence-corrected chi connectivity index (χ1v) is 5.24. The van der Waals surface area contributed by atoms with Gasteiger partial charge in [-0.05, 0) is 30.2 Å². The second kappa shape index (κ2) is 4.64. The number of hydrogen-bond donors (Lipinski definition) is 0. The van der Waals surface area contributed by atoms with Gasteiger partial charge in [0, 0.05) is 5.56 Å². The molecule has 0 aromatic heterocycles. The number of hydrogen-bond acceptors (Lipinski definition) is 1. The second-order valence-electron chi connectivity index (χ2n) is 3.91. The molecule has 0 fully saturated rings. The van der Waals surface area contributed by atoms with E-state index in [-0.39, 0.29) is 22.3 Å². The summed E-state index contributed by atoms with van der Waals surface area (Å²) in [4.78, 5) is 10.5. The normalized spacial score (nSPS) is 10.4. The Labute approximate surface area is 102 Å². The molecule has 0 amide bonds. The molecule has 0 saturated carbocycles. The van der Waals surface area contributed by atoms with Gasteiger partial charge in [0.05, 0.1) is 5.56 Å². The molecule has 0 radical (unpaired) electrons. The van der Waals surface area contributed by atoms with Gasteiger partial charge in [0.25, 0.3) is 0 Å². The van der Waals surface area contributed by atoms with E-state index in [0.717, 1.165) is 6.07 Å². The maximum atomic E-state index is 13.7. The van der Waals surface area contributed by atoms with E-state index >= 15 is 0 Å². The fraction of sp³-hybridized carbons (Fsp3) is 0.0714. The predicted octanol–water partition coefficient (Wildman–Crippen LogP) is 3.89. The van der Waals surface area contributed by atoms with E-state index < -0.39 is 17.5 Å². The van der Waals surface area contributed by atoms with Gasteiger partial charge in [0.15, 0.2) is 17.9 Å². The SMILES string of the molecule is Cc1ccc(-c2ccc(C=O)c(F)c2)c(F)c1F. The van der Waals surface area contributed by atoms with Gasteiger partial charge in [-0.25, -0.2) is 13.2 Å². The van der Waals surface area contributed by atoms with Crippen LogP contribution in [0, 0.1) is 24.4 Å². The summed E-state index contributed by atoms with van der Waals surface area (Å²) in [6.45, 7) is 1.44. The van der Waals surface area contributed by atoms with Gasteiger partial charge < -0.3 is 0 Å². The molecule has 0 spiro atoms. The summed E-state index contributed by atoms with van der Waals surface area (Å²) >= 11 is 0. The zero-order valence-electron chi connectivity index (χ0n) is 9.51. The highest BCUT2D eigenvalue weighted by molar-refractivity contribution is 5.77. The molecule has 0 saturated heterocycles. The van der Waals surface area contributed by atoms with E-state index in [1.54, 1.807) is 0 Å². The summed E-state index contributed by atoms with van der Waals surface area (Å²) in [6, 6.07) is 6.41. The first-order chi connectivity index (χ1) is 8.54. The lowest BCUT2D eigenvalue weighted by Gasteiger charge is -2.07. The molecule has 92 valence electrons. The summed E-state index contributed by atoms with van der Waals surface area (Å²) in [5.74, 6) is -2.73. The monoisotopic (exact) mass is 250 g/mol. The Balaban J connectivity index is 2.59. The van der Waals surface area contributed by atoms with Gasteiger partial charge in [-0.15, -0.1) is 0 Å². The fourth-order valence-corrected chi connectivity index (χ4v) is 1.66. The highest BCUT2D eigenvalue weighted by atomic mass is 19.2. The molecule has 4 heteroatoms. The number of halogens is 3. The van der Waals surface area contributed by atoms with Crippen molar-refractivity contribution < 1.29 is 18.0 Å². The van der Waals surface area contributed by atoms with Crippen molar-refractivity contribution in [2.24, 2.45) is 0 Å². The molecule has 0 aliphatic heterocycles. The first-order valence-electron chi connectivity index (χ1n) is 5.24. The van der Waals surface area contributed by atoms with Crippen LogP contribution in [0.2, 0.25) is 0 Å². The van der Waals surface area contributed by atoms with E-state index in [9.17, 15) is 18.0 Å². The number of aryl methyl sites for hydroxylation is 1. The van der Waals surface area contributed by atoms with E-state index in [0.29, 0.717) is 6.29 Å². The van der Waals surface area contributed by atoms with Gasteiger partial charge in [0.2, 0.25) is 0 Å². The van der Waals surface area contributed by atoms with E-state index in [1.165, 1.54) is 31.2 Å². The molecule has 0 aliphatic rings. The number of carbonyl (C=O) groups excluding carboxylic acids is 1. The lowest BCUT2D eigenvalue weighted by atomic mass is 10.0. The summed E-state index contributed by atoms with van der Waals surface area (Å²) < 4.78 is 40.5. The average molecular weight is 250 g/mol. The number of rotatable bonds is 2. The molecular weight excluding hydrogens is 241 g/mol. The molecule has 18 heavy (non-hydrogen) atoms. The van der Waals surface area contributed by atoms with Gasteiger partial charge in [-0.3, -0.25) is 4.79 Å². The molecule has 0 bridgehead atoms. The van der Waals surface area contributed by atoms with Gasteiger partial charge in [-0.2, -0.15) is 0 Å². The van der Waals surface area contributed by atoms with E-state index in [4.69, 9.17) is 0 Å². The Morgan fingerprint density at radius 1 is 1.00 bits per heavy atom. The van der Waals surface area contributed by atoms with Crippen LogP contribution in [0.5, 0.6) is 0 Å². The second-order valence-corrected chi connectivity index (χ2v) is 3.91. The highest BCUT2D eigenvalue weighted by Crippen LogP contribution is 2.27. The minimum atomic E-state index is -1.02. The van der Waals surface area contributed by atoms with Crippen LogP contribution >= 0.6 is 0 Å².